The molecule has 1 aromatic rings. The maximum absolute atomic E-state index is 3.13. The van der Waals surface area contributed by atoms with Gasteiger partial charge in [-0.05, 0) is 25.0 Å². The Bertz CT molecular complexity index is 220. The van der Waals surface area contributed by atoms with Crippen molar-refractivity contribution >= 4 is 6.08 Å². The van der Waals surface area contributed by atoms with Crippen molar-refractivity contribution in [2.24, 2.45) is 0 Å². The maximum Gasteiger partial charge on any atom is 0.0188 e. The van der Waals surface area contributed by atoms with Gasteiger partial charge in [0, 0.05) is 11.9 Å². The van der Waals surface area contributed by atoms with Gasteiger partial charge < -0.3 is 4.98 Å². The number of aromatic amines is 1. The quantitative estimate of drug-likeness (QED) is 0.641. The number of H-pyrrole nitrogens is 1. The van der Waals surface area contributed by atoms with Crippen LogP contribution < -0.4 is 0 Å². The number of aryl methyl sites for hydroxylation is 1. The van der Waals surface area contributed by atoms with Gasteiger partial charge in [0.25, 0.3) is 0 Å². The molecule has 10 heavy (non-hydrogen) atoms. The second-order valence-corrected chi connectivity index (χ2v) is 2.37. The number of aromatic nitrogens is 1. The number of hydrogen-bond acceptors (Lipinski definition) is 0. The molecule has 0 atom stereocenters. The maximum atomic E-state index is 3.13. The van der Waals surface area contributed by atoms with Crippen LogP contribution in [0.1, 0.15) is 24.6 Å². The van der Waals surface area contributed by atoms with E-state index < -0.39 is 0 Å². The minimum absolute atomic E-state index is 1.10. The fourth-order valence-corrected chi connectivity index (χ4v) is 0.890. The lowest BCUT2D eigenvalue weighted by Crippen LogP contribution is -1.71. The second-order valence-electron chi connectivity index (χ2n) is 2.37. The van der Waals surface area contributed by atoms with Crippen molar-refractivity contribution in [2.75, 3.05) is 0 Å². The third-order valence-corrected chi connectivity index (χ3v) is 1.53. The first-order chi connectivity index (χ1) is 4.84. The Hall–Kier alpha value is -0.980. The van der Waals surface area contributed by atoms with E-state index in [2.05, 4.69) is 37.0 Å². The van der Waals surface area contributed by atoms with Crippen molar-refractivity contribution in [1.82, 2.24) is 4.98 Å². The number of nitrogens with one attached hydrogen (secondary N) is 1. The van der Waals surface area contributed by atoms with Crippen LogP contribution in [0, 0.1) is 6.92 Å². The number of allylic oxidation sites excluding steroid dienone is 1. The highest BCUT2D eigenvalue weighted by Gasteiger charge is 1.90. The van der Waals surface area contributed by atoms with Gasteiger partial charge in [-0.15, -0.1) is 0 Å². The molecule has 0 bridgehead atoms. The van der Waals surface area contributed by atoms with Crippen molar-refractivity contribution in [2.45, 2.75) is 20.3 Å². The van der Waals surface area contributed by atoms with Gasteiger partial charge in [0.1, 0.15) is 0 Å². The predicted octanol–water partition coefficient (Wildman–Crippen LogP) is 2.75. The Balaban J connectivity index is 2.74. The van der Waals surface area contributed by atoms with Crippen LogP contribution in [-0.2, 0) is 0 Å². The lowest BCUT2D eigenvalue weighted by Gasteiger charge is -1.87. The summed E-state index contributed by atoms with van der Waals surface area (Å²) >= 11 is 0. The van der Waals surface area contributed by atoms with E-state index in [1.807, 2.05) is 6.20 Å². The highest BCUT2D eigenvalue weighted by Crippen LogP contribution is 2.06. The summed E-state index contributed by atoms with van der Waals surface area (Å²) in [5.74, 6) is 0. The summed E-state index contributed by atoms with van der Waals surface area (Å²) in [7, 11) is 0. The summed E-state index contributed by atoms with van der Waals surface area (Å²) in [5, 5.41) is 0. The van der Waals surface area contributed by atoms with Crippen molar-refractivity contribution in [1.29, 1.82) is 0 Å². The normalized spacial score (nSPS) is 11.0. The topological polar surface area (TPSA) is 15.8 Å². The van der Waals surface area contributed by atoms with Crippen molar-refractivity contribution in [3.05, 3.63) is 29.6 Å². The molecule has 1 heterocycles. The predicted molar refractivity (Wildman–Crippen MR) is 44.9 cm³/mol. The van der Waals surface area contributed by atoms with E-state index in [-0.39, 0.29) is 0 Å². The number of hydrogen-bond donors (Lipinski definition) is 1. The van der Waals surface area contributed by atoms with E-state index >= 15 is 0 Å². The molecule has 0 spiro atoms. The molecule has 1 rings (SSSR count). The molecule has 0 radical (unpaired) electrons. The zero-order chi connectivity index (χ0) is 7.40. The highest BCUT2D eigenvalue weighted by atomic mass is 14.7. The first-order valence-corrected chi connectivity index (χ1v) is 3.65. The second kappa shape index (κ2) is 3.25. The molecule has 0 unspecified atom stereocenters. The molecule has 0 aliphatic carbocycles. The molecule has 1 heteroatoms. The van der Waals surface area contributed by atoms with Crippen molar-refractivity contribution < 1.29 is 0 Å². The summed E-state index contributed by atoms with van der Waals surface area (Å²) < 4.78 is 0. The minimum Gasteiger partial charge on any atom is -0.365 e. The molecular formula is C9H13N. The first-order valence-electron chi connectivity index (χ1n) is 3.65. The van der Waals surface area contributed by atoms with Crippen LogP contribution in [0.4, 0.5) is 0 Å². The monoisotopic (exact) mass is 135 g/mol. The van der Waals surface area contributed by atoms with Crippen LogP contribution in [0.5, 0.6) is 0 Å². The summed E-state index contributed by atoms with van der Waals surface area (Å²) in [5.41, 5.74) is 2.53. The first kappa shape index (κ1) is 7.13. The molecular weight excluding hydrogens is 122 g/mol. The van der Waals surface area contributed by atoms with Gasteiger partial charge in [0.2, 0.25) is 0 Å². The largest absolute Gasteiger partial charge is 0.365 e. The van der Waals surface area contributed by atoms with Crippen LogP contribution in [0.15, 0.2) is 18.3 Å². The van der Waals surface area contributed by atoms with E-state index in [4.69, 9.17) is 0 Å². The average Bonchev–Trinajstić information content (AvgIpc) is 2.31. The average molecular weight is 135 g/mol. The van der Waals surface area contributed by atoms with Gasteiger partial charge in [-0.2, -0.15) is 0 Å². The summed E-state index contributed by atoms with van der Waals surface area (Å²) in [6.45, 7) is 4.22. The SMILES string of the molecule is CC/C=C\c1cc[nH]c1C. The van der Waals surface area contributed by atoms with Gasteiger partial charge in [-0.25, -0.2) is 0 Å². The molecule has 0 amide bonds. The van der Waals surface area contributed by atoms with E-state index in [1.165, 1.54) is 11.3 Å². The molecule has 0 aromatic carbocycles. The molecule has 0 saturated heterocycles. The lowest BCUT2D eigenvalue weighted by atomic mass is 10.2. The van der Waals surface area contributed by atoms with Crippen LogP contribution in [0.2, 0.25) is 0 Å². The van der Waals surface area contributed by atoms with Crippen molar-refractivity contribution in [3.63, 3.8) is 0 Å². The Kier molecular flexibility index (Phi) is 2.32. The molecule has 0 saturated carbocycles. The summed E-state index contributed by atoms with van der Waals surface area (Å²) in [4.78, 5) is 3.13. The Labute approximate surface area is 61.8 Å². The van der Waals surface area contributed by atoms with E-state index in [0.717, 1.165) is 6.42 Å². The summed E-state index contributed by atoms with van der Waals surface area (Å²) in [6.07, 6.45) is 7.37. The van der Waals surface area contributed by atoms with Gasteiger partial charge in [-0.1, -0.05) is 19.1 Å². The molecule has 1 aromatic heterocycles. The van der Waals surface area contributed by atoms with Crippen LogP contribution in [0.25, 0.3) is 6.08 Å². The highest BCUT2D eigenvalue weighted by molar-refractivity contribution is 5.51. The molecule has 0 aliphatic rings. The minimum atomic E-state index is 1.10. The van der Waals surface area contributed by atoms with Crippen LogP contribution >= 0.6 is 0 Å². The fourth-order valence-electron chi connectivity index (χ4n) is 0.890. The zero-order valence-corrected chi connectivity index (χ0v) is 6.52. The Morgan fingerprint density at radius 1 is 1.60 bits per heavy atom. The van der Waals surface area contributed by atoms with Gasteiger partial charge in [-0.3, -0.25) is 0 Å². The molecule has 1 nitrogen and oxygen atoms in total. The summed E-state index contributed by atoms with van der Waals surface area (Å²) in [6, 6.07) is 2.08. The third-order valence-electron chi connectivity index (χ3n) is 1.53. The van der Waals surface area contributed by atoms with Gasteiger partial charge in [0.05, 0.1) is 0 Å². The lowest BCUT2D eigenvalue weighted by molar-refractivity contribution is 1.23. The van der Waals surface area contributed by atoms with Crippen molar-refractivity contribution in [3.8, 4) is 0 Å². The third kappa shape index (κ3) is 1.50. The molecule has 1 N–H and O–H groups in total. The van der Waals surface area contributed by atoms with Crippen LogP contribution in [0.3, 0.4) is 0 Å². The number of rotatable bonds is 2. The fraction of sp³-hybridized carbons (Fsp3) is 0.333. The van der Waals surface area contributed by atoms with E-state index in [1.54, 1.807) is 0 Å². The van der Waals surface area contributed by atoms with Gasteiger partial charge >= 0.3 is 0 Å². The molecule has 54 valence electrons. The van der Waals surface area contributed by atoms with E-state index in [9.17, 15) is 0 Å². The molecule has 0 fully saturated rings. The van der Waals surface area contributed by atoms with E-state index in [0.29, 0.717) is 0 Å². The Morgan fingerprint density at radius 3 is 2.90 bits per heavy atom. The standard InChI is InChI=1S/C9H13N/c1-3-4-5-9-6-7-10-8(9)2/h4-7,10H,3H2,1-2H3/b5-4-. The van der Waals surface area contributed by atoms with Gasteiger partial charge in [0.15, 0.2) is 0 Å². The zero-order valence-electron chi connectivity index (χ0n) is 6.52. The smallest absolute Gasteiger partial charge is 0.0188 e. The van der Waals surface area contributed by atoms with Crippen LogP contribution in [-0.4, -0.2) is 4.98 Å². The Morgan fingerprint density at radius 2 is 2.40 bits per heavy atom. The molecule has 0 aliphatic heterocycles.